The molecule has 0 N–H and O–H groups in total. The molecule has 0 aliphatic heterocycles. The number of amides is 1. The molecule has 0 aliphatic carbocycles. The molecule has 2 heterocycles. The summed E-state index contributed by atoms with van der Waals surface area (Å²) < 4.78 is 10.6. The molecular formula is C21H23N3O3S. The molecule has 0 saturated heterocycles. The maximum absolute atomic E-state index is 13.1. The summed E-state index contributed by atoms with van der Waals surface area (Å²) in [5.74, 6) is 0.648. The van der Waals surface area contributed by atoms with Crippen LogP contribution in [0.5, 0.6) is 5.75 Å². The van der Waals surface area contributed by atoms with Crippen molar-refractivity contribution in [3.8, 4) is 16.3 Å². The zero-order chi connectivity index (χ0) is 19.8. The second-order valence-electron chi connectivity index (χ2n) is 6.17. The summed E-state index contributed by atoms with van der Waals surface area (Å²) in [6.45, 7) is 1.70. The number of aromatic nitrogens is 2. The van der Waals surface area contributed by atoms with Gasteiger partial charge in [0.1, 0.15) is 16.5 Å². The molecule has 3 rings (SSSR count). The fourth-order valence-electron chi connectivity index (χ4n) is 2.84. The van der Waals surface area contributed by atoms with Crippen LogP contribution in [-0.4, -0.2) is 48.1 Å². The van der Waals surface area contributed by atoms with Gasteiger partial charge in [-0.15, -0.1) is 11.3 Å². The normalized spacial score (nSPS) is 10.6. The van der Waals surface area contributed by atoms with Gasteiger partial charge in [-0.2, -0.15) is 0 Å². The molecule has 28 heavy (non-hydrogen) atoms. The predicted octanol–water partition coefficient (Wildman–Crippen LogP) is 3.89. The van der Waals surface area contributed by atoms with Gasteiger partial charge in [-0.1, -0.05) is 12.1 Å². The van der Waals surface area contributed by atoms with Crippen LogP contribution in [0.2, 0.25) is 0 Å². The monoisotopic (exact) mass is 397 g/mol. The first-order valence-electron chi connectivity index (χ1n) is 8.99. The lowest BCUT2D eigenvalue weighted by atomic mass is 10.2. The Morgan fingerprint density at radius 1 is 1.14 bits per heavy atom. The minimum atomic E-state index is -0.0923. The van der Waals surface area contributed by atoms with Gasteiger partial charge in [-0.25, -0.2) is 4.98 Å². The molecule has 7 heteroatoms. The van der Waals surface area contributed by atoms with Gasteiger partial charge in [0.25, 0.3) is 5.91 Å². The van der Waals surface area contributed by atoms with E-state index in [-0.39, 0.29) is 5.91 Å². The molecule has 0 fully saturated rings. The van der Waals surface area contributed by atoms with E-state index in [4.69, 9.17) is 9.47 Å². The molecule has 0 aliphatic rings. The van der Waals surface area contributed by atoms with Crippen molar-refractivity contribution in [2.24, 2.45) is 0 Å². The van der Waals surface area contributed by atoms with Crippen LogP contribution in [0.15, 0.2) is 54.2 Å². The van der Waals surface area contributed by atoms with Crippen molar-refractivity contribution in [1.29, 1.82) is 0 Å². The van der Waals surface area contributed by atoms with Gasteiger partial charge in [0.05, 0.1) is 12.7 Å². The van der Waals surface area contributed by atoms with E-state index in [9.17, 15) is 4.79 Å². The number of rotatable bonds is 9. The maximum atomic E-state index is 13.1. The van der Waals surface area contributed by atoms with Gasteiger partial charge in [0, 0.05) is 44.6 Å². The third kappa shape index (κ3) is 4.94. The maximum Gasteiger partial charge on any atom is 0.273 e. The van der Waals surface area contributed by atoms with Crippen molar-refractivity contribution in [1.82, 2.24) is 14.9 Å². The van der Waals surface area contributed by atoms with Crippen molar-refractivity contribution in [3.05, 3.63) is 65.4 Å². The van der Waals surface area contributed by atoms with Crippen molar-refractivity contribution < 1.29 is 14.3 Å². The Labute approximate surface area is 168 Å². The highest BCUT2D eigenvalue weighted by Gasteiger charge is 2.20. The highest BCUT2D eigenvalue weighted by atomic mass is 32.1. The molecule has 2 aromatic heterocycles. The van der Waals surface area contributed by atoms with E-state index in [1.165, 1.54) is 11.3 Å². The summed E-state index contributed by atoms with van der Waals surface area (Å²) in [4.78, 5) is 23.5. The number of methoxy groups -OCH3 is 2. The van der Waals surface area contributed by atoms with Gasteiger partial charge in [-0.05, 0) is 36.2 Å². The standard InChI is InChI=1S/C21H23N3O3S/c1-26-13-5-12-24(14-16-8-10-22-11-9-16)21(25)18-15-28-20(23-18)17-6-3-4-7-19(17)27-2/h3-4,6-11,15H,5,12-14H2,1-2H3. The van der Waals surface area contributed by atoms with Crippen LogP contribution in [0, 0.1) is 0 Å². The number of carbonyl (C=O) groups excluding carboxylic acids is 1. The first-order chi connectivity index (χ1) is 13.7. The van der Waals surface area contributed by atoms with Crippen LogP contribution < -0.4 is 4.74 Å². The lowest BCUT2D eigenvalue weighted by Crippen LogP contribution is -2.32. The van der Waals surface area contributed by atoms with Gasteiger partial charge in [0.2, 0.25) is 0 Å². The number of pyridine rings is 1. The summed E-state index contributed by atoms with van der Waals surface area (Å²) in [7, 11) is 3.29. The van der Waals surface area contributed by atoms with E-state index >= 15 is 0 Å². The molecule has 3 aromatic rings. The lowest BCUT2D eigenvalue weighted by Gasteiger charge is -2.22. The summed E-state index contributed by atoms with van der Waals surface area (Å²) in [5, 5.41) is 2.57. The Bertz CT molecular complexity index is 899. The quantitative estimate of drug-likeness (QED) is 0.513. The van der Waals surface area contributed by atoms with E-state index in [1.807, 2.05) is 36.4 Å². The topological polar surface area (TPSA) is 64.5 Å². The molecule has 1 aromatic carbocycles. The highest BCUT2D eigenvalue weighted by Crippen LogP contribution is 2.32. The number of para-hydroxylation sites is 1. The van der Waals surface area contributed by atoms with E-state index in [0.717, 1.165) is 28.3 Å². The minimum Gasteiger partial charge on any atom is -0.496 e. The van der Waals surface area contributed by atoms with Crippen LogP contribution >= 0.6 is 11.3 Å². The molecular weight excluding hydrogens is 374 g/mol. The summed E-state index contributed by atoms with van der Waals surface area (Å²) in [6.07, 6.45) is 4.22. The van der Waals surface area contributed by atoms with Crippen molar-refractivity contribution >= 4 is 17.2 Å². The molecule has 0 unspecified atom stereocenters. The Morgan fingerprint density at radius 3 is 2.68 bits per heavy atom. The number of benzene rings is 1. The molecule has 0 saturated carbocycles. The number of carbonyl (C=O) groups is 1. The molecule has 0 spiro atoms. The average Bonchev–Trinajstić information content (AvgIpc) is 3.23. The van der Waals surface area contributed by atoms with E-state index in [0.29, 0.717) is 25.4 Å². The zero-order valence-corrected chi connectivity index (χ0v) is 16.8. The van der Waals surface area contributed by atoms with Crippen LogP contribution in [0.25, 0.3) is 10.6 Å². The van der Waals surface area contributed by atoms with Crippen molar-refractivity contribution in [3.63, 3.8) is 0 Å². The Hall–Kier alpha value is -2.77. The lowest BCUT2D eigenvalue weighted by molar-refractivity contribution is 0.0718. The third-order valence-corrected chi connectivity index (χ3v) is 5.12. The van der Waals surface area contributed by atoms with Crippen LogP contribution in [0.3, 0.4) is 0 Å². The molecule has 0 atom stereocenters. The van der Waals surface area contributed by atoms with E-state index in [1.54, 1.807) is 36.9 Å². The highest BCUT2D eigenvalue weighted by molar-refractivity contribution is 7.13. The minimum absolute atomic E-state index is 0.0923. The third-order valence-electron chi connectivity index (χ3n) is 4.25. The summed E-state index contributed by atoms with van der Waals surface area (Å²) in [6, 6.07) is 11.5. The summed E-state index contributed by atoms with van der Waals surface area (Å²) >= 11 is 1.44. The molecule has 146 valence electrons. The molecule has 6 nitrogen and oxygen atoms in total. The number of ether oxygens (including phenoxy) is 2. The zero-order valence-electron chi connectivity index (χ0n) is 16.0. The van der Waals surface area contributed by atoms with Gasteiger partial charge in [0.15, 0.2) is 0 Å². The second-order valence-corrected chi connectivity index (χ2v) is 7.02. The number of hydrogen-bond acceptors (Lipinski definition) is 6. The van der Waals surface area contributed by atoms with Gasteiger partial charge in [-0.3, -0.25) is 9.78 Å². The number of nitrogens with zero attached hydrogens (tertiary/aromatic N) is 3. The molecule has 1 amide bonds. The first-order valence-corrected chi connectivity index (χ1v) is 9.87. The largest absolute Gasteiger partial charge is 0.496 e. The van der Waals surface area contributed by atoms with Crippen LogP contribution in [-0.2, 0) is 11.3 Å². The number of hydrogen-bond donors (Lipinski definition) is 0. The fraction of sp³-hybridized carbons (Fsp3) is 0.286. The SMILES string of the molecule is COCCCN(Cc1ccncc1)C(=O)c1csc(-c2ccccc2OC)n1. The van der Waals surface area contributed by atoms with Crippen molar-refractivity contribution in [2.75, 3.05) is 27.4 Å². The Kier molecular flexibility index (Phi) is 7.11. The van der Waals surface area contributed by atoms with Gasteiger partial charge < -0.3 is 14.4 Å². The fourth-order valence-corrected chi connectivity index (χ4v) is 3.66. The predicted molar refractivity (Wildman–Crippen MR) is 110 cm³/mol. The first kappa shape index (κ1) is 20.0. The van der Waals surface area contributed by atoms with Gasteiger partial charge >= 0.3 is 0 Å². The summed E-state index contributed by atoms with van der Waals surface area (Å²) in [5.41, 5.74) is 2.35. The Balaban J connectivity index is 1.81. The Morgan fingerprint density at radius 2 is 1.93 bits per heavy atom. The number of thiazole rings is 1. The van der Waals surface area contributed by atoms with E-state index < -0.39 is 0 Å². The smallest absolute Gasteiger partial charge is 0.273 e. The van der Waals surface area contributed by atoms with Crippen LogP contribution in [0.4, 0.5) is 0 Å². The molecule has 0 bridgehead atoms. The molecule has 0 radical (unpaired) electrons. The second kappa shape index (κ2) is 9.96. The van der Waals surface area contributed by atoms with Crippen molar-refractivity contribution in [2.45, 2.75) is 13.0 Å². The van der Waals surface area contributed by atoms with Crippen LogP contribution in [0.1, 0.15) is 22.5 Å². The average molecular weight is 398 g/mol. The van der Waals surface area contributed by atoms with E-state index in [2.05, 4.69) is 9.97 Å².